The monoisotopic (exact) mass is 378 g/mol. The first-order valence-corrected chi connectivity index (χ1v) is 9.81. The van der Waals surface area contributed by atoms with E-state index in [-0.39, 0.29) is 15.5 Å². The van der Waals surface area contributed by atoms with E-state index in [2.05, 4.69) is 5.32 Å². The molecule has 0 aliphatic heterocycles. The number of sulfone groups is 1. The number of hydrogen-bond acceptors (Lipinski definition) is 6. The number of ether oxygens (including phenoxy) is 1. The fourth-order valence-electron chi connectivity index (χ4n) is 2.51. The minimum absolute atomic E-state index is 0.0653. The molecule has 0 atom stereocenters. The zero-order valence-electron chi connectivity index (χ0n) is 14.6. The van der Waals surface area contributed by atoms with E-state index in [1.165, 1.54) is 30.3 Å². The third-order valence-electron chi connectivity index (χ3n) is 3.82. The Morgan fingerprint density at radius 3 is 2.35 bits per heavy atom. The smallest absolute Gasteiger partial charge is 0.288 e. The van der Waals surface area contributed by atoms with Crippen LogP contribution in [0.1, 0.15) is 19.3 Å². The summed E-state index contributed by atoms with van der Waals surface area (Å²) in [6, 6.07) is 11.5. The van der Waals surface area contributed by atoms with Crippen LogP contribution in [0, 0.1) is 10.1 Å². The third-order valence-corrected chi connectivity index (χ3v) is 5.66. The number of nitrogens with zero attached hydrogens (tertiary/aromatic N) is 1. The molecule has 0 unspecified atom stereocenters. The molecule has 0 amide bonds. The summed E-state index contributed by atoms with van der Waals surface area (Å²) >= 11 is 0. The van der Waals surface area contributed by atoms with Crippen molar-refractivity contribution in [1.82, 2.24) is 5.32 Å². The number of benzene rings is 2. The minimum atomic E-state index is -4.07. The lowest BCUT2D eigenvalue weighted by Crippen LogP contribution is -2.09. The Morgan fingerprint density at radius 1 is 1.00 bits per heavy atom. The van der Waals surface area contributed by atoms with Crippen LogP contribution in [0.5, 0.6) is 5.75 Å². The molecule has 0 aliphatic carbocycles. The lowest BCUT2D eigenvalue weighted by molar-refractivity contribution is -0.387. The van der Waals surface area contributed by atoms with Crippen LogP contribution in [0.15, 0.2) is 58.3 Å². The zero-order chi connectivity index (χ0) is 19.0. The van der Waals surface area contributed by atoms with E-state index in [4.69, 9.17) is 4.74 Å². The summed E-state index contributed by atoms with van der Waals surface area (Å²) in [6.07, 6.45) is 2.76. The van der Waals surface area contributed by atoms with Crippen LogP contribution >= 0.6 is 0 Å². The Labute approximate surface area is 153 Å². The average Bonchev–Trinajstić information content (AvgIpc) is 2.65. The van der Waals surface area contributed by atoms with Gasteiger partial charge in [-0.15, -0.1) is 0 Å². The van der Waals surface area contributed by atoms with E-state index < -0.39 is 20.4 Å². The molecule has 8 heteroatoms. The van der Waals surface area contributed by atoms with E-state index in [1.807, 2.05) is 7.05 Å². The fourth-order valence-corrected chi connectivity index (χ4v) is 4.07. The second-order valence-corrected chi connectivity index (χ2v) is 7.57. The van der Waals surface area contributed by atoms with Gasteiger partial charge in [0.25, 0.3) is 5.69 Å². The molecule has 0 spiro atoms. The highest BCUT2D eigenvalue weighted by Gasteiger charge is 2.29. The van der Waals surface area contributed by atoms with Crippen molar-refractivity contribution in [2.24, 2.45) is 0 Å². The van der Waals surface area contributed by atoms with Crippen molar-refractivity contribution in [2.75, 3.05) is 20.2 Å². The first kappa shape index (κ1) is 19.9. The number of para-hydroxylation sites is 2. The van der Waals surface area contributed by atoms with Gasteiger partial charge < -0.3 is 10.1 Å². The normalized spacial score (nSPS) is 11.3. The molecule has 2 aromatic carbocycles. The molecule has 140 valence electrons. The molecular weight excluding hydrogens is 356 g/mol. The predicted octanol–water partition coefficient (Wildman–Crippen LogP) is 3.20. The molecule has 0 heterocycles. The van der Waals surface area contributed by atoms with Crippen molar-refractivity contribution in [3.05, 3.63) is 58.6 Å². The maximum Gasteiger partial charge on any atom is 0.288 e. The number of nitro benzene ring substituents is 1. The van der Waals surface area contributed by atoms with E-state index in [0.29, 0.717) is 6.61 Å². The van der Waals surface area contributed by atoms with E-state index >= 15 is 0 Å². The van der Waals surface area contributed by atoms with Crippen LogP contribution in [0.3, 0.4) is 0 Å². The maximum absolute atomic E-state index is 13.0. The molecule has 0 radical (unpaired) electrons. The molecule has 0 fully saturated rings. The van der Waals surface area contributed by atoms with E-state index in [0.717, 1.165) is 25.8 Å². The van der Waals surface area contributed by atoms with Gasteiger partial charge in [0.1, 0.15) is 15.5 Å². The summed E-state index contributed by atoms with van der Waals surface area (Å²) in [6.45, 7) is 1.30. The van der Waals surface area contributed by atoms with Crippen LogP contribution in [-0.2, 0) is 9.84 Å². The molecule has 7 nitrogen and oxygen atoms in total. The number of rotatable bonds is 10. The van der Waals surface area contributed by atoms with Gasteiger partial charge in [-0.3, -0.25) is 10.1 Å². The van der Waals surface area contributed by atoms with Crippen LogP contribution in [0.2, 0.25) is 0 Å². The SMILES string of the molecule is CNCCCCCOc1ccccc1S(=O)(=O)c1ccccc1[N+](=O)[O-]. The lowest BCUT2D eigenvalue weighted by atomic mass is 10.2. The fraction of sp³-hybridized carbons (Fsp3) is 0.333. The van der Waals surface area contributed by atoms with Crippen molar-refractivity contribution < 1.29 is 18.1 Å². The van der Waals surface area contributed by atoms with Crippen LogP contribution in [0.4, 0.5) is 5.69 Å². The molecule has 0 bridgehead atoms. The molecule has 0 aliphatic rings. The minimum Gasteiger partial charge on any atom is -0.492 e. The second-order valence-electron chi connectivity index (χ2n) is 5.69. The Kier molecular flexibility index (Phi) is 7.11. The van der Waals surface area contributed by atoms with Gasteiger partial charge in [-0.1, -0.05) is 24.3 Å². The maximum atomic E-state index is 13.0. The summed E-state index contributed by atoms with van der Waals surface area (Å²) in [7, 11) is -2.18. The third kappa shape index (κ3) is 4.80. The average molecular weight is 378 g/mol. The molecule has 0 aromatic heterocycles. The van der Waals surface area contributed by atoms with Gasteiger partial charge >= 0.3 is 0 Å². The molecule has 2 rings (SSSR count). The Morgan fingerprint density at radius 2 is 1.65 bits per heavy atom. The quantitative estimate of drug-likeness (QED) is 0.387. The van der Waals surface area contributed by atoms with Crippen molar-refractivity contribution in [1.29, 1.82) is 0 Å². The molecule has 0 saturated heterocycles. The molecule has 0 saturated carbocycles. The molecule has 26 heavy (non-hydrogen) atoms. The summed E-state index contributed by atoms with van der Waals surface area (Å²) in [5.41, 5.74) is -0.450. The standard InChI is InChI=1S/C18H22N2O5S/c1-19-13-7-2-8-14-25-16-10-4-6-12-18(16)26(23,24)17-11-5-3-9-15(17)20(21)22/h3-6,9-12,19H,2,7-8,13-14H2,1H3. The highest BCUT2D eigenvalue weighted by molar-refractivity contribution is 7.91. The van der Waals surface area contributed by atoms with Crippen molar-refractivity contribution in [3.63, 3.8) is 0 Å². The highest BCUT2D eigenvalue weighted by Crippen LogP contribution is 2.33. The summed E-state index contributed by atoms with van der Waals surface area (Å²) in [5, 5.41) is 14.2. The first-order valence-electron chi connectivity index (χ1n) is 8.33. The van der Waals surface area contributed by atoms with Gasteiger partial charge in [0.2, 0.25) is 9.84 Å². The summed E-state index contributed by atoms with van der Waals surface area (Å²) in [4.78, 5) is 10.1. The van der Waals surface area contributed by atoms with Crippen molar-refractivity contribution >= 4 is 15.5 Å². The first-order chi connectivity index (χ1) is 12.5. The summed E-state index contributed by atoms with van der Waals surface area (Å²) < 4.78 is 31.6. The molecule has 1 N–H and O–H groups in total. The van der Waals surface area contributed by atoms with Crippen LogP contribution in [0.25, 0.3) is 0 Å². The highest BCUT2D eigenvalue weighted by atomic mass is 32.2. The largest absolute Gasteiger partial charge is 0.492 e. The lowest BCUT2D eigenvalue weighted by Gasteiger charge is -2.12. The van der Waals surface area contributed by atoms with E-state index in [9.17, 15) is 18.5 Å². The van der Waals surface area contributed by atoms with Crippen LogP contribution in [-0.4, -0.2) is 33.5 Å². The predicted molar refractivity (Wildman–Crippen MR) is 98.3 cm³/mol. The second kappa shape index (κ2) is 9.30. The van der Waals surface area contributed by atoms with Crippen molar-refractivity contribution in [2.45, 2.75) is 29.1 Å². The van der Waals surface area contributed by atoms with Gasteiger partial charge in [0, 0.05) is 6.07 Å². The Balaban J connectivity index is 2.24. The summed E-state index contributed by atoms with van der Waals surface area (Å²) in [5.74, 6) is 0.208. The number of hydrogen-bond donors (Lipinski definition) is 1. The number of nitro groups is 1. The van der Waals surface area contributed by atoms with Gasteiger partial charge in [0.05, 0.1) is 11.5 Å². The van der Waals surface area contributed by atoms with Gasteiger partial charge in [-0.05, 0) is 51.1 Å². The zero-order valence-corrected chi connectivity index (χ0v) is 15.4. The van der Waals surface area contributed by atoms with Gasteiger partial charge in [-0.25, -0.2) is 8.42 Å². The van der Waals surface area contributed by atoms with Gasteiger partial charge in [0.15, 0.2) is 0 Å². The Bertz CT molecular complexity index is 852. The number of nitrogens with one attached hydrogen (secondary N) is 1. The topological polar surface area (TPSA) is 98.5 Å². The van der Waals surface area contributed by atoms with Crippen molar-refractivity contribution in [3.8, 4) is 5.75 Å². The number of unbranched alkanes of at least 4 members (excludes halogenated alkanes) is 2. The van der Waals surface area contributed by atoms with E-state index in [1.54, 1.807) is 18.2 Å². The molecular formula is C18H22N2O5S. The molecule has 2 aromatic rings. The van der Waals surface area contributed by atoms with Crippen LogP contribution < -0.4 is 10.1 Å². The van der Waals surface area contributed by atoms with Gasteiger partial charge in [-0.2, -0.15) is 0 Å². The Hall–Kier alpha value is -2.45.